The van der Waals surface area contributed by atoms with Gasteiger partial charge in [0.1, 0.15) is 0 Å². The van der Waals surface area contributed by atoms with Crippen LogP contribution in [0.4, 0.5) is 0 Å². The summed E-state index contributed by atoms with van der Waals surface area (Å²) in [4.78, 5) is 1.52. The van der Waals surface area contributed by atoms with Gasteiger partial charge in [-0.3, -0.25) is 0 Å². The SMILES string of the molecule is Cc1csc(CC2CCNC2)c1Br. The summed E-state index contributed by atoms with van der Waals surface area (Å²) in [5, 5.41) is 5.65. The van der Waals surface area contributed by atoms with E-state index in [1.807, 2.05) is 11.3 Å². The summed E-state index contributed by atoms with van der Waals surface area (Å²) in [7, 11) is 0. The van der Waals surface area contributed by atoms with Crippen molar-refractivity contribution in [2.45, 2.75) is 19.8 Å². The van der Waals surface area contributed by atoms with Crippen molar-refractivity contribution in [2.75, 3.05) is 13.1 Å². The molecule has 0 spiro atoms. The summed E-state index contributed by atoms with van der Waals surface area (Å²) in [6.07, 6.45) is 2.58. The van der Waals surface area contributed by atoms with Crippen LogP contribution in [0, 0.1) is 12.8 Å². The molecule has 0 aromatic carbocycles. The lowest BCUT2D eigenvalue weighted by molar-refractivity contribution is 0.584. The van der Waals surface area contributed by atoms with Crippen LogP contribution in [-0.2, 0) is 6.42 Å². The highest BCUT2D eigenvalue weighted by atomic mass is 79.9. The minimum absolute atomic E-state index is 0.856. The highest BCUT2D eigenvalue weighted by molar-refractivity contribution is 9.10. The van der Waals surface area contributed by atoms with Crippen LogP contribution >= 0.6 is 27.3 Å². The summed E-state index contributed by atoms with van der Waals surface area (Å²) in [6.45, 7) is 4.56. The monoisotopic (exact) mass is 259 g/mol. The topological polar surface area (TPSA) is 12.0 Å². The average molecular weight is 260 g/mol. The maximum atomic E-state index is 3.65. The molecule has 0 bridgehead atoms. The zero-order valence-electron chi connectivity index (χ0n) is 7.77. The Balaban J connectivity index is 2.04. The Kier molecular flexibility index (Phi) is 3.06. The van der Waals surface area contributed by atoms with Crippen molar-refractivity contribution in [1.29, 1.82) is 0 Å². The third-order valence-electron chi connectivity index (χ3n) is 2.61. The van der Waals surface area contributed by atoms with E-state index in [4.69, 9.17) is 0 Å². The van der Waals surface area contributed by atoms with Crippen LogP contribution < -0.4 is 5.32 Å². The van der Waals surface area contributed by atoms with Gasteiger partial charge in [0, 0.05) is 9.35 Å². The Hall–Kier alpha value is 0.140. The molecular formula is C10H14BrNS. The predicted molar refractivity (Wildman–Crippen MR) is 61.4 cm³/mol. The van der Waals surface area contributed by atoms with Gasteiger partial charge in [-0.2, -0.15) is 0 Å². The Labute approximate surface area is 91.7 Å². The van der Waals surface area contributed by atoms with Crippen molar-refractivity contribution < 1.29 is 0 Å². The molecule has 1 aliphatic rings. The van der Waals surface area contributed by atoms with Crippen molar-refractivity contribution in [1.82, 2.24) is 5.32 Å². The lowest BCUT2D eigenvalue weighted by Crippen LogP contribution is -2.10. The fraction of sp³-hybridized carbons (Fsp3) is 0.600. The molecule has 13 heavy (non-hydrogen) atoms. The summed E-state index contributed by atoms with van der Waals surface area (Å²) in [5.74, 6) is 0.856. The predicted octanol–water partition coefficient (Wildman–Crippen LogP) is 2.97. The number of hydrogen-bond acceptors (Lipinski definition) is 2. The third kappa shape index (κ3) is 2.14. The van der Waals surface area contributed by atoms with Crippen LogP contribution in [0.3, 0.4) is 0 Å². The average Bonchev–Trinajstić information content (AvgIpc) is 2.71. The highest BCUT2D eigenvalue weighted by Crippen LogP contribution is 2.30. The Morgan fingerprint density at radius 1 is 1.69 bits per heavy atom. The molecular weight excluding hydrogens is 246 g/mol. The van der Waals surface area contributed by atoms with E-state index in [2.05, 4.69) is 33.6 Å². The lowest BCUT2D eigenvalue weighted by atomic mass is 10.0. The van der Waals surface area contributed by atoms with Crippen LogP contribution in [0.5, 0.6) is 0 Å². The summed E-state index contributed by atoms with van der Waals surface area (Å²) >= 11 is 5.54. The lowest BCUT2D eigenvalue weighted by Gasteiger charge is -2.06. The molecule has 0 saturated carbocycles. The first-order valence-corrected chi connectivity index (χ1v) is 6.38. The van der Waals surface area contributed by atoms with Crippen LogP contribution in [-0.4, -0.2) is 13.1 Å². The molecule has 2 rings (SSSR count). The molecule has 1 unspecified atom stereocenters. The van der Waals surface area contributed by atoms with E-state index in [-0.39, 0.29) is 0 Å². The smallest absolute Gasteiger partial charge is 0.0343 e. The quantitative estimate of drug-likeness (QED) is 0.862. The first kappa shape index (κ1) is 9.69. The van der Waals surface area contributed by atoms with E-state index in [0.29, 0.717) is 0 Å². The van der Waals surface area contributed by atoms with Crippen LogP contribution in [0.15, 0.2) is 9.85 Å². The van der Waals surface area contributed by atoms with E-state index in [1.54, 1.807) is 0 Å². The van der Waals surface area contributed by atoms with E-state index in [0.717, 1.165) is 5.92 Å². The van der Waals surface area contributed by atoms with Crippen LogP contribution in [0.25, 0.3) is 0 Å². The highest BCUT2D eigenvalue weighted by Gasteiger charge is 2.17. The third-order valence-corrected chi connectivity index (χ3v) is 5.10. The molecule has 1 nitrogen and oxygen atoms in total. The number of hydrogen-bond donors (Lipinski definition) is 1. The molecule has 0 amide bonds. The number of nitrogens with one attached hydrogen (secondary N) is 1. The summed E-state index contributed by atoms with van der Waals surface area (Å²) in [6, 6.07) is 0. The number of rotatable bonds is 2. The molecule has 1 atom stereocenters. The molecule has 1 N–H and O–H groups in total. The second-order valence-corrected chi connectivity index (χ2v) is 5.48. The molecule has 0 radical (unpaired) electrons. The standard InChI is InChI=1S/C10H14BrNS/c1-7-6-13-9(10(7)11)4-8-2-3-12-5-8/h6,8,12H,2-5H2,1H3. The van der Waals surface area contributed by atoms with Gasteiger partial charge in [-0.1, -0.05) is 0 Å². The summed E-state index contributed by atoms with van der Waals surface area (Å²) in [5.41, 5.74) is 1.38. The maximum Gasteiger partial charge on any atom is 0.0343 e. The number of halogens is 1. The van der Waals surface area contributed by atoms with Crippen molar-refractivity contribution >= 4 is 27.3 Å². The molecule has 1 fully saturated rings. The zero-order valence-corrected chi connectivity index (χ0v) is 10.2. The van der Waals surface area contributed by atoms with E-state index >= 15 is 0 Å². The Morgan fingerprint density at radius 2 is 2.54 bits per heavy atom. The second-order valence-electron chi connectivity index (χ2n) is 3.72. The maximum absolute atomic E-state index is 3.65. The zero-order chi connectivity index (χ0) is 9.26. The van der Waals surface area contributed by atoms with Gasteiger partial charge in [0.25, 0.3) is 0 Å². The molecule has 3 heteroatoms. The second kappa shape index (κ2) is 4.11. The Bertz CT molecular complexity index is 289. The van der Waals surface area contributed by atoms with Gasteiger partial charge in [0.2, 0.25) is 0 Å². The van der Waals surface area contributed by atoms with E-state index in [9.17, 15) is 0 Å². The van der Waals surface area contributed by atoms with Gasteiger partial charge in [-0.25, -0.2) is 0 Å². The first-order valence-electron chi connectivity index (χ1n) is 4.70. The number of aryl methyl sites for hydroxylation is 1. The molecule has 2 heterocycles. The molecule has 1 aliphatic heterocycles. The fourth-order valence-corrected chi connectivity index (χ4v) is 3.51. The van der Waals surface area contributed by atoms with Gasteiger partial charge < -0.3 is 5.32 Å². The van der Waals surface area contributed by atoms with Crippen LogP contribution in [0.1, 0.15) is 16.9 Å². The van der Waals surface area contributed by atoms with Gasteiger partial charge in [0.15, 0.2) is 0 Å². The minimum atomic E-state index is 0.856. The van der Waals surface area contributed by atoms with Gasteiger partial charge in [-0.05, 0) is 65.6 Å². The number of thiophene rings is 1. The minimum Gasteiger partial charge on any atom is -0.316 e. The molecule has 72 valence electrons. The van der Waals surface area contributed by atoms with Crippen molar-refractivity contribution in [3.05, 3.63) is 20.3 Å². The van der Waals surface area contributed by atoms with Gasteiger partial charge in [-0.15, -0.1) is 11.3 Å². The fourth-order valence-electron chi connectivity index (χ4n) is 1.77. The normalized spacial score (nSPS) is 22.5. The van der Waals surface area contributed by atoms with Crippen molar-refractivity contribution in [3.8, 4) is 0 Å². The molecule has 1 saturated heterocycles. The van der Waals surface area contributed by atoms with Gasteiger partial charge >= 0.3 is 0 Å². The van der Waals surface area contributed by atoms with Crippen molar-refractivity contribution in [2.24, 2.45) is 5.92 Å². The molecule has 0 aliphatic carbocycles. The van der Waals surface area contributed by atoms with E-state index in [1.165, 1.54) is 40.8 Å². The first-order chi connectivity index (χ1) is 6.27. The molecule has 1 aromatic rings. The largest absolute Gasteiger partial charge is 0.316 e. The van der Waals surface area contributed by atoms with Gasteiger partial charge in [0.05, 0.1) is 0 Å². The van der Waals surface area contributed by atoms with Crippen molar-refractivity contribution in [3.63, 3.8) is 0 Å². The van der Waals surface area contributed by atoms with Crippen LogP contribution in [0.2, 0.25) is 0 Å². The summed E-state index contributed by atoms with van der Waals surface area (Å²) < 4.78 is 1.34. The Morgan fingerprint density at radius 3 is 3.08 bits per heavy atom. The molecule has 1 aromatic heterocycles. The van der Waals surface area contributed by atoms with E-state index < -0.39 is 0 Å².